The van der Waals surface area contributed by atoms with Gasteiger partial charge in [-0.2, -0.15) is 0 Å². The molecule has 53 valence electrons. The van der Waals surface area contributed by atoms with Gasteiger partial charge in [0.05, 0.1) is 0 Å². The molecule has 0 spiro atoms. The van der Waals surface area contributed by atoms with Crippen molar-refractivity contribution < 1.29 is 0 Å². The van der Waals surface area contributed by atoms with Crippen molar-refractivity contribution in [2.75, 3.05) is 0 Å². The lowest BCUT2D eigenvalue weighted by molar-refractivity contribution is 1.22. The maximum absolute atomic E-state index is 5.05. The van der Waals surface area contributed by atoms with Crippen molar-refractivity contribution in [3.63, 3.8) is 0 Å². The fourth-order valence-corrected chi connectivity index (χ4v) is 1.35. The monoisotopic (exact) mass is 151 g/mol. The minimum absolute atomic E-state index is 0.945. The average Bonchev–Trinajstić information content (AvgIpc) is 1.82. The van der Waals surface area contributed by atoms with E-state index in [1.165, 1.54) is 16.7 Å². The van der Waals surface area contributed by atoms with Gasteiger partial charge >= 0.3 is 0 Å². The van der Waals surface area contributed by atoms with Crippen molar-refractivity contribution in [3.8, 4) is 0 Å². The number of hydrogen-bond donors (Lipinski definition) is 0. The lowest BCUT2D eigenvalue weighted by atomic mass is 10.1. The quantitative estimate of drug-likeness (QED) is 0.534. The third kappa shape index (κ3) is 1.29. The molecular weight excluding hydrogens is 140 g/mol. The molecule has 0 atom stereocenters. The van der Waals surface area contributed by atoms with Gasteiger partial charge in [-0.3, -0.25) is 0 Å². The third-order valence-corrected chi connectivity index (χ3v) is 2.14. The Kier molecular flexibility index (Phi) is 1.95. The molecule has 0 saturated heterocycles. The molecule has 1 rings (SSSR count). The summed E-state index contributed by atoms with van der Waals surface area (Å²) in [6.07, 6.45) is 0. The lowest BCUT2D eigenvalue weighted by Crippen LogP contribution is -1.85. The molecule has 0 amide bonds. The highest BCUT2D eigenvalue weighted by Crippen LogP contribution is 2.17. The Morgan fingerprint density at radius 1 is 1.00 bits per heavy atom. The molecule has 1 heteroatoms. The van der Waals surface area contributed by atoms with E-state index >= 15 is 0 Å². The number of rotatable bonds is 0. The molecule has 0 heterocycles. The van der Waals surface area contributed by atoms with E-state index in [1.807, 2.05) is 12.1 Å². The molecule has 1 aromatic rings. The van der Waals surface area contributed by atoms with Crippen LogP contribution in [0.5, 0.6) is 0 Å². The molecule has 0 fully saturated rings. The summed E-state index contributed by atoms with van der Waals surface area (Å²) >= 11 is 5.05. The Morgan fingerprint density at radius 2 is 1.40 bits per heavy atom. The van der Waals surface area contributed by atoms with Gasteiger partial charge in [-0.25, -0.2) is 0 Å². The van der Waals surface area contributed by atoms with Crippen LogP contribution in [0.15, 0.2) is 17.0 Å². The summed E-state index contributed by atoms with van der Waals surface area (Å²) in [5.74, 6) is 0. The van der Waals surface area contributed by atoms with Crippen molar-refractivity contribution in [1.82, 2.24) is 0 Å². The van der Waals surface area contributed by atoms with Crippen molar-refractivity contribution in [2.45, 2.75) is 25.7 Å². The van der Waals surface area contributed by atoms with Gasteiger partial charge in [0.2, 0.25) is 0 Å². The molecule has 0 N–H and O–H groups in total. The van der Waals surface area contributed by atoms with Crippen LogP contribution in [0.1, 0.15) is 16.7 Å². The first-order valence-electron chi connectivity index (χ1n) is 3.36. The van der Waals surface area contributed by atoms with Crippen LogP contribution >= 0.6 is 12.6 Å². The smallest absolute Gasteiger partial charge is 0.0382 e. The van der Waals surface area contributed by atoms with Crippen molar-refractivity contribution >= 4 is 12.6 Å². The van der Waals surface area contributed by atoms with E-state index in [4.69, 9.17) is 12.6 Å². The molecule has 10 heavy (non-hydrogen) atoms. The third-order valence-electron chi connectivity index (χ3n) is 1.90. The summed E-state index contributed by atoms with van der Waals surface area (Å²) < 4.78 is 0. The second-order valence-corrected chi connectivity index (χ2v) is 3.15. The maximum atomic E-state index is 5.05. The topological polar surface area (TPSA) is 0 Å². The Bertz CT molecular complexity index is 228. The molecular formula is C9H11S. The zero-order valence-electron chi connectivity index (χ0n) is 6.56. The van der Waals surface area contributed by atoms with Crippen LogP contribution in [-0.4, -0.2) is 0 Å². The van der Waals surface area contributed by atoms with Gasteiger partial charge in [0.1, 0.15) is 0 Å². The fourth-order valence-electron chi connectivity index (χ4n) is 0.996. The summed E-state index contributed by atoms with van der Waals surface area (Å²) in [7, 11) is 0. The van der Waals surface area contributed by atoms with Crippen LogP contribution in [0.3, 0.4) is 0 Å². The first-order chi connectivity index (χ1) is 4.61. The second-order valence-electron chi connectivity index (χ2n) is 2.68. The summed E-state index contributed by atoms with van der Waals surface area (Å²) in [4.78, 5) is 0.945. The Morgan fingerprint density at radius 3 is 1.80 bits per heavy atom. The standard InChI is InChI=1S/C9H11S/c1-6-4-9(10)5-7(2)8(6)3/h4-5H,1-3H3. The minimum Gasteiger partial charge on any atom is -0.0801 e. The predicted molar refractivity (Wildman–Crippen MR) is 46.5 cm³/mol. The molecule has 0 nitrogen and oxygen atoms in total. The number of aryl methyl sites for hydroxylation is 2. The average molecular weight is 151 g/mol. The van der Waals surface area contributed by atoms with Crippen molar-refractivity contribution in [3.05, 3.63) is 28.8 Å². The zero-order chi connectivity index (χ0) is 7.72. The molecule has 0 unspecified atom stereocenters. The Labute approximate surface area is 67.7 Å². The normalized spacial score (nSPS) is 9.90. The molecule has 0 saturated carbocycles. The minimum atomic E-state index is 0.945. The van der Waals surface area contributed by atoms with E-state index in [0.29, 0.717) is 0 Å². The molecule has 1 aromatic carbocycles. The highest BCUT2D eigenvalue weighted by atomic mass is 32.1. The van der Waals surface area contributed by atoms with Gasteiger partial charge in [-0.1, -0.05) is 12.6 Å². The van der Waals surface area contributed by atoms with Crippen LogP contribution in [0.4, 0.5) is 0 Å². The lowest BCUT2D eigenvalue weighted by Gasteiger charge is -2.03. The highest BCUT2D eigenvalue weighted by Gasteiger charge is 1.97. The number of benzene rings is 1. The summed E-state index contributed by atoms with van der Waals surface area (Å²) in [6, 6.07) is 4.08. The zero-order valence-corrected chi connectivity index (χ0v) is 7.38. The van der Waals surface area contributed by atoms with E-state index in [9.17, 15) is 0 Å². The highest BCUT2D eigenvalue weighted by molar-refractivity contribution is 7.80. The number of hydrogen-bond acceptors (Lipinski definition) is 0. The predicted octanol–water partition coefficient (Wildman–Crippen LogP) is 3.17. The van der Waals surface area contributed by atoms with E-state index < -0.39 is 0 Å². The van der Waals surface area contributed by atoms with E-state index in [1.54, 1.807) is 0 Å². The van der Waals surface area contributed by atoms with Crippen LogP contribution in [0.2, 0.25) is 0 Å². The van der Waals surface area contributed by atoms with Crippen molar-refractivity contribution in [1.29, 1.82) is 0 Å². The first-order valence-corrected chi connectivity index (χ1v) is 3.77. The summed E-state index contributed by atoms with van der Waals surface area (Å²) in [6.45, 7) is 6.32. The van der Waals surface area contributed by atoms with Gasteiger partial charge in [-0.15, -0.1) is 0 Å². The van der Waals surface area contributed by atoms with E-state index in [2.05, 4.69) is 20.8 Å². The second kappa shape index (κ2) is 2.59. The fraction of sp³-hybridized carbons (Fsp3) is 0.333. The van der Waals surface area contributed by atoms with Gasteiger partial charge in [-0.05, 0) is 49.6 Å². The molecule has 0 bridgehead atoms. The molecule has 0 aliphatic rings. The summed E-state index contributed by atoms with van der Waals surface area (Å²) in [5.41, 5.74) is 3.95. The van der Waals surface area contributed by atoms with Crippen molar-refractivity contribution in [2.24, 2.45) is 0 Å². The Hall–Kier alpha value is -0.560. The Balaban J connectivity index is 3.31. The first kappa shape index (κ1) is 7.55. The largest absolute Gasteiger partial charge is 0.0801 e. The SMILES string of the molecule is Cc1cc([S])cc(C)c1C. The van der Waals surface area contributed by atoms with Crippen LogP contribution in [0.25, 0.3) is 0 Å². The van der Waals surface area contributed by atoms with Gasteiger partial charge in [0, 0.05) is 4.90 Å². The molecule has 1 radical (unpaired) electrons. The van der Waals surface area contributed by atoms with E-state index in [-0.39, 0.29) is 0 Å². The summed E-state index contributed by atoms with van der Waals surface area (Å²) in [5, 5.41) is 0. The van der Waals surface area contributed by atoms with Gasteiger partial charge in [0.15, 0.2) is 0 Å². The molecule has 0 aliphatic carbocycles. The maximum Gasteiger partial charge on any atom is 0.0382 e. The van der Waals surface area contributed by atoms with E-state index in [0.717, 1.165) is 4.90 Å². The van der Waals surface area contributed by atoms with Crippen LogP contribution in [0, 0.1) is 20.8 Å². The van der Waals surface area contributed by atoms with Gasteiger partial charge in [0.25, 0.3) is 0 Å². The molecule has 0 aromatic heterocycles. The van der Waals surface area contributed by atoms with Crippen LogP contribution < -0.4 is 0 Å². The molecule has 0 aliphatic heterocycles. The van der Waals surface area contributed by atoms with Gasteiger partial charge < -0.3 is 0 Å². The van der Waals surface area contributed by atoms with Crippen LogP contribution in [-0.2, 0) is 0 Å².